The normalized spacial score (nSPS) is 10.3. The zero-order chi connectivity index (χ0) is 13.0. The number of aromatic carboxylic acids is 1. The first-order valence-corrected chi connectivity index (χ1v) is 6.09. The Bertz CT molecular complexity index is 540. The summed E-state index contributed by atoms with van der Waals surface area (Å²) in [6.45, 7) is 1.05. The van der Waals surface area contributed by atoms with Gasteiger partial charge in [-0.3, -0.25) is 4.68 Å². The summed E-state index contributed by atoms with van der Waals surface area (Å²) in [5.41, 5.74) is 0.187. The Morgan fingerprint density at radius 1 is 1.50 bits per heavy atom. The standard InChI is InChI=1S/C12H11BrN2O3/c13-11-3-2-9(8-10(11)12(16)17)18-7-6-15-5-1-4-14-15/h1-5,8H,6-7H2,(H,16,17). The van der Waals surface area contributed by atoms with E-state index < -0.39 is 5.97 Å². The van der Waals surface area contributed by atoms with Crippen molar-refractivity contribution in [2.45, 2.75) is 6.54 Å². The molecule has 0 spiro atoms. The molecule has 0 fully saturated rings. The summed E-state index contributed by atoms with van der Waals surface area (Å²) in [7, 11) is 0. The van der Waals surface area contributed by atoms with Crippen LogP contribution in [-0.2, 0) is 6.54 Å². The van der Waals surface area contributed by atoms with Crippen LogP contribution in [0.15, 0.2) is 41.1 Å². The Morgan fingerprint density at radius 3 is 3.00 bits per heavy atom. The molecule has 6 heteroatoms. The van der Waals surface area contributed by atoms with E-state index in [-0.39, 0.29) is 5.56 Å². The summed E-state index contributed by atoms with van der Waals surface area (Å²) in [6.07, 6.45) is 3.54. The van der Waals surface area contributed by atoms with E-state index in [1.165, 1.54) is 6.07 Å². The third kappa shape index (κ3) is 3.10. The Labute approximate surface area is 112 Å². The molecule has 2 aromatic rings. The van der Waals surface area contributed by atoms with Crippen LogP contribution in [0.2, 0.25) is 0 Å². The van der Waals surface area contributed by atoms with E-state index in [0.29, 0.717) is 23.4 Å². The lowest BCUT2D eigenvalue weighted by atomic mass is 10.2. The fourth-order valence-corrected chi connectivity index (χ4v) is 1.86. The fourth-order valence-electron chi connectivity index (χ4n) is 1.45. The predicted octanol–water partition coefficient (Wildman–Crippen LogP) is 2.42. The number of hydrogen-bond donors (Lipinski definition) is 1. The van der Waals surface area contributed by atoms with Gasteiger partial charge in [0, 0.05) is 16.9 Å². The number of carbonyl (C=O) groups is 1. The van der Waals surface area contributed by atoms with Crippen LogP contribution < -0.4 is 4.74 Å². The molecule has 0 saturated carbocycles. The number of carboxylic acid groups (broad SMARTS) is 1. The van der Waals surface area contributed by atoms with Crippen LogP contribution in [0.5, 0.6) is 5.75 Å². The van der Waals surface area contributed by atoms with Crippen molar-refractivity contribution in [1.29, 1.82) is 0 Å². The average Bonchev–Trinajstić information content (AvgIpc) is 2.84. The second-order valence-electron chi connectivity index (χ2n) is 3.56. The molecule has 0 unspecified atom stereocenters. The molecule has 0 saturated heterocycles. The smallest absolute Gasteiger partial charge is 0.336 e. The molecular weight excluding hydrogens is 300 g/mol. The minimum absolute atomic E-state index is 0.187. The second-order valence-corrected chi connectivity index (χ2v) is 4.42. The molecule has 1 N–H and O–H groups in total. The van der Waals surface area contributed by atoms with E-state index in [1.807, 2.05) is 12.3 Å². The topological polar surface area (TPSA) is 64.3 Å². The molecule has 1 aromatic heterocycles. The van der Waals surface area contributed by atoms with Gasteiger partial charge < -0.3 is 9.84 Å². The molecule has 5 nitrogen and oxygen atoms in total. The third-order valence-corrected chi connectivity index (χ3v) is 3.01. The summed E-state index contributed by atoms with van der Waals surface area (Å²) < 4.78 is 7.76. The van der Waals surface area contributed by atoms with Crippen molar-refractivity contribution in [1.82, 2.24) is 9.78 Å². The quantitative estimate of drug-likeness (QED) is 0.921. The average molecular weight is 311 g/mol. The number of rotatable bonds is 5. The zero-order valence-corrected chi connectivity index (χ0v) is 11.0. The number of hydrogen-bond acceptors (Lipinski definition) is 3. The molecular formula is C12H11BrN2O3. The van der Waals surface area contributed by atoms with Gasteiger partial charge >= 0.3 is 5.97 Å². The van der Waals surface area contributed by atoms with Crippen molar-refractivity contribution in [2.24, 2.45) is 0 Å². The van der Waals surface area contributed by atoms with Crippen LogP contribution in [0.3, 0.4) is 0 Å². The van der Waals surface area contributed by atoms with Gasteiger partial charge in [0.15, 0.2) is 0 Å². The lowest BCUT2D eigenvalue weighted by Gasteiger charge is -2.08. The Morgan fingerprint density at radius 2 is 2.33 bits per heavy atom. The molecule has 0 radical (unpaired) electrons. The minimum Gasteiger partial charge on any atom is -0.492 e. The van der Waals surface area contributed by atoms with Crippen molar-refractivity contribution in [3.63, 3.8) is 0 Å². The fraction of sp³-hybridized carbons (Fsp3) is 0.167. The lowest BCUT2D eigenvalue weighted by Crippen LogP contribution is -2.09. The molecule has 0 aliphatic heterocycles. The van der Waals surface area contributed by atoms with Gasteiger partial charge in [-0.2, -0.15) is 5.10 Å². The highest BCUT2D eigenvalue weighted by Crippen LogP contribution is 2.22. The molecule has 2 rings (SSSR count). The van der Waals surface area contributed by atoms with Crippen molar-refractivity contribution < 1.29 is 14.6 Å². The van der Waals surface area contributed by atoms with E-state index in [1.54, 1.807) is 23.0 Å². The van der Waals surface area contributed by atoms with Crippen molar-refractivity contribution in [3.05, 3.63) is 46.7 Å². The first-order valence-electron chi connectivity index (χ1n) is 5.30. The van der Waals surface area contributed by atoms with E-state index in [2.05, 4.69) is 21.0 Å². The Hall–Kier alpha value is -1.82. The summed E-state index contributed by atoms with van der Waals surface area (Å²) >= 11 is 3.18. The predicted molar refractivity (Wildman–Crippen MR) is 68.8 cm³/mol. The van der Waals surface area contributed by atoms with Crippen molar-refractivity contribution in [3.8, 4) is 5.75 Å². The molecule has 1 aromatic carbocycles. The maximum absolute atomic E-state index is 10.9. The molecule has 94 valence electrons. The Balaban J connectivity index is 1.97. The number of aromatic nitrogens is 2. The molecule has 18 heavy (non-hydrogen) atoms. The first kappa shape index (κ1) is 12.6. The van der Waals surface area contributed by atoms with Gasteiger partial charge in [0.1, 0.15) is 12.4 Å². The van der Waals surface area contributed by atoms with E-state index in [0.717, 1.165) is 0 Å². The highest BCUT2D eigenvalue weighted by atomic mass is 79.9. The van der Waals surface area contributed by atoms with Crippen LogP contribution in [-0.4, -0.2) is 27.5 Å². The van der Waals surface area contributed by atoms with Crippen molar-refractivity contribution in [2.75, 3.05) is 6.61 Å². The van der Waals surface area contributed by atoms with Crippen LogP contribution in [0.4, 0.5) is 0 Å². The maximum atomic E-state index is 10.9. The number of carboxylic acids is 1. The highest BCUT2D eigenvalue weighted by Gasteiger charge is 2.09. The molecule has 1 heterocycles. The van der Waals surface area contributed by atoms with Crippen LogP contribution >= 0.6 is 15.9 Å². The highest BCUT2D eigenvalue weighted by molar-refractivity contribution is 9.10. The summed E-state index contributed by atoms with van der Waals surface area (Å²) in [4.78, 5) is 10.9. The van der Waals surface area contributed by atoms with Crippen LogP contribution in [0.1, 0.15) is 10.4 Å². The summed E-state index contributed by atoms with van der Waals surface area (Å²) in [6, 6.07) is 6.71. The SMILES string of the molecule is O=C(O)c1cc(OCCn2cccn2)ccc1Br. The summed E-state index contributed by atoms with van der Waals surface area (Å²) in [5.74, 6) is -0.456. The third-order valence-electron chi connectivity index (χ3n) is 2.32. The van der Waals surface area contributed by atoms with E-state index in [4.69, 9.17) is 9.84 Å². The summed E-state index contributed by atoms with van der Waals surface area (Å²) in [5, 5.41) is 13.0. The molecule has 0 aliphatic carbocycles. The van der Waals surface area contributed by atoms with Crippen LogP contribution in [0, 0.1) is 0 Å². The monoisotopic (exact) mass is 310 g/mol. The maximum Gasteiger partial charge on any atom is 0.336 e. The lowest BCUT2D eigenvalue weighted by molar-refractivity contribution is 0.0695. The van der Waals surface area contributed by atoms with Gasteiger partial charge in [-0.05, 0) is 40.2 Å². The zero-order valence-electron chi connectivity index (χ0n) is 9.41. The van der Waals surface area contributed by atoms with Gasteiger partial charge in [0.05, 0.1) is 12.1 Å². The van der Waals surface area contributed by atoms with Crippen molar-refractivity contribution >= 4 is 21.9 Å². The molecule has 0 amide bonds. The second kappa shape index (κ2) is 5.68. The van der Waals surface area contributed by atoms with Gasteiger partial charge in [-0.15, -0.1) is 0 Å². The number of benzene rings is 1. The number of nitrogens with zero attached hydrogens (tertiary/aromatic N) is 2. The van der Waals surface area contributed by atoms with Crippen LogP contribution in [0.25, 0.3) is 0 Å². The number of halogens is 1. The van der Waals surface area contributed by atoms with Gasteiger partial charge in [0.2, 0.25) is 0 Å². The van der Waals surface area contributed by atoms with E-state index in [9.17, 15) is 4.79 Å². The van der Waals surface area contributed by atoms with Gasteiger partial charge in [-0.25, -0.2) is 4.79 Å². The van der Waals surface area contributed by atoms with Gasteiger partial charge in [-0.1, -0.05) is 0 Å². The molecule has 0 atom stereocenters. The minimum atomic E-state index is -0.987. The largest absolute Gasteiger partial charge is 0.492 e. The first-order chi connectivity index (χ1) is 8.66. The molecule has 0 bridgehead atoms. The Kier molecular flexibility index (Phi) is 3.99. The number of ether oxygens (including phenoxy) is 1. The molecule has 0 aliphatic rings. The van der Waals surface area contributed by atoms with E-state index >= 15 is 0 Å². The van der Waals surface area contributed by atoms with Gasteiger partial charge in [0.25, 0.3) is 0 Å².